The van der Waals surface area contributed by atoms with Gasteiger partial charge in [0.2, 0.25) is 0 Å². The van der Waals surface area contributed by atoms with Gasteiger partial charge in [0, 0.05) is 17.5 Å². The van der Waals surface area contributed by atoms with Crippen molar-refractivity contribution >= 4 is 23.2 Å². The summed E-state index contributed by atoms with van der Waals surface area (Å²) >= 11 is 1.39. The Hall–Kier alpha value is -3.64. The first-order valence-corrected chi connectivity index (χ1v) is 10.4. The number of benzene rings is 1. The molecule has 1 aliphatic rings. The normalized spacial score (nSPS) is 14.5. The number of carbonyl (C=O) groups excluding carboxylic acids is 2. The molecular formula is C22H18FN5O2S. The minimum Gasteiger partial charge on any atom is -0.347 e. The second kappa shape index (κ2) is 8.62. The number of nitrogens with zero attached hydrogens (tertiary/aromatic N) is 3. The molecule has 0 saturated carbocycles. The van der Waals surface area contributed by atoms with E-state index < -0.39 is 11.8 Å². The predicted molar refractivity (Wildman–Crippen MR) is 112 cm³/mol. The molecule has 0 fully saturated rings. The largest absolute Gasteiger partial charge is 0.347 e. The van der Waals surface area contributed by atoms with Gasteiger partial charge in [-0.2, -0.15) is 5.26 Å². The first kappa shape index (κ1) is 20.6. The fourth-order valence-corrected chi connectivity index (χ4v) is 4.58. The summed E-state index contributed by atoms with van der Waals surface area (Å²) in [7, 11) is 0. The lowest BCUT2D eigenvalue weighted by Gasteiger charge is -2.12. The number of amides is 2. The molecule has 0 radical (unpaired) electrons. The van der Waals surface area contributed by atoms with Gasteiger partial charge in [0.25, 0.3) is 11.8 Å². The molecule has 0 saturated heterocycles. The monoisotopic (exact) mass is 435 g/mol. The van der Waals surface area contributed by atoms with Gasteiger partial charge in [-0.3, -0.25) is 9.59 Å². The number of halogens is 1. The van der Waals surface area contributed by atoms with Crippen molar-refractivity contribution in [2.75, 3.05) is 0 Å². The number of hydrogen-bond acceptors (Lipinski definition) is 6. The predicted octanol–water partition coefficient (Wildman–Crippen LogP) is 3.20. The van der Waals surface area contributed by atoms with E-state index in [9.17, 15) is 14.0 Å². The highest BCUT2D eigenvalue weighted by Crippen LogP contribution is 2.37. The summed E-state index contributed by atoms with van der Waals surface area (Å²) in [5.74, 6) is -1.17. The summed E-state index contributed by atoms with van der Waals surface area (Å²) < 4.78 is 13.4. The van der Waals surface area contributed by atoms with Crippen molar-refractivity contribution in [3.05, 3.63) is 80.3 Å². The molecule has 1 aliphatic carbocycles. The number of hydrogen-bond donors (Lipinski definition) is 2. The summed E-state index contributed by atoms with van der Waals surface area (Å²) in [5, 5.41) is 14.7. The van der Waals surface area contributed by atoms with Gasteiger partial charge in [-0.05, 0) is 48.6 Å². The highest BCUT2D eigenvalue weighted by Gasteiger charge is 2.27. The lowest BCUT2D eigenvalue weighted by Crippen LogP contribution is -2.29. The van der Waals surface area contributed by atoms with E-state index in [1.54, 1.807) is 19.1 Å². The highest BCUT2D eigenvalue weighted by atomic mass is 32.1. The van der Waals surface area contributed by atoms with Crippen LogP contribution in [0.5, 0.6) is 0 Å². The Morgan fingerprint density at radius 1 is 1.23 bits per heavy atom. The van der Waals surface area contributed by atoms with Crippen molar-refractivity contribution in [3.63, 3.8) is 0 Å². The molecule has 2 amide bonds. The van der Waals surface area contributed by atoms with Gasteiger partial charge in [-0.15, -0.1) is 11.3 Å². The Labute approximate surface area is 182 Å². The molecule has 156 valence electrons. The second-order valence-electron chi connectivity index (χ2n) is 7.23. The van der Waals surface area contributed by atoms with E-state index in [0.717, 1.165) is 28.8 Å². The van der Waals surface area contributed by atoms with Crippen molar-refractivity contribution < 1.29 is 14.0 Å². The van der Waals surface area contributed by atoms with E-state index in [0.29, 0.717) is 10.4 Å². The molecular weight excluding hydrogens is 417 g/mol. The number of nitrogens with one attached hydrogen (secondary N) is 2. The summed E-state index contributed by atoms with van der Waals surface area (Å²) in [6, 6.07) is 9.77. The molecule has 2 heterocycles. The van der Waals surface area contributed by atoms with Crippen LogP contribution in [0.2, 0.25) is 0 Å². The SMILES string of the molecule is Cc1cc(CNC(=O)c2cc(C(=O)N[C@@H]3CCc4cc(C#N)sc43)ncn2)ccc1F. The van der Waals surface area contributed by atoms with Gasteiger partial charge in [0.05, 0.1) is 6.04 Å². The first-order chi connectivity index (χ1) is 14.9. The van der Waals surface area contributed by atoms with Gasteiger partial charge in [0.1, 0.15) is 34.5 Å². The molecule has 0 aliphatic heterocycles. The number of aromatic nitrogens is 2. The number of thiophene rings is 1. The maximum Gasteiger partial charge on any atom is 0.270 e. The lowest BCUT2D eigenvalue weighted by molar-refractivity contribution is 0.0932. The van der Waals surface area contributed by atoms with Crippen molar-refractivity contribution in [2.24, 2.45) is 0 Å². The number of fused-ring (bicyclic) bond motifs is 1. The van der Waals surface area contributed by atoms with E-state index in [2.05, 4.69) is 26.7 Å². The quantitative estimate of drug-likeness (QED) is 0.640. The average Bonchev–Trinajstić information content (AvgIpc) is 3.35. The van der Waals surface area contributed by atoms with Crippen LogP contribution in [0.3, 0.4) is 0 Å². The number of aryl methyl sites for hydroxylation is 2. The van der Waals surface area contributed by atoms with E-state index in [1.807, 2.05) is 6.07 Å². The Bertz CT molecular complexity index is 1220. The lowest BCUT2D eigenvalue weighted by atomic mass is 10.1. The molecule has 0 spiro atoms. The smallest absolute Gasteiger partial charge is 0.270 e. The summed E-state index contributed by atoms with van der Waals surface area (Å²) in [6.45, 7) is 1.86. The van der Waals surface area contributed by atoms with Crippen LogP contribution < -0.4 is 10.6 Å². The zero-order valence-electron chi connectivity index (χ0n) is 16.6. The van der Waals surface area contributed by atoms with Gasteiger partial charge >= 0.3 is 0 Å². The van der Waals surface area contributed by atoms with Crippen molar-refractivity contribution in [1.82, 2.24) is 20.6 Å². The van der Waals surface area contributed by atoms with E-state index in [4.69, 9.17) is 5.26 Å². The topological polar surface area (TPSA) is 108 Å². The molecule has 9 heteroatoms. The van der Waals surface area contributed by atoms with Crippen LogP contribution in [0.15, 0.2) is 36.7 Å². The minimum absolute atomic E-state index is 0.0639. The van der Waals surface area contributed by atoms with E-state index in [-0.39, 0.29) is 29.8 Å². The third-order valence-electron chi connectivity index (χ3n) is 5.08. The number of rotatable bonds is 5. The number of nitriles is 1. The standard InChI is InChI=1S/C22H18FN5O2S/c1-12-6-13(2-4-16(12)23)10-25-21(29)18-8-19(27-11-26-18)22(30)28-17-5-3-14-7-15(9-24)31-20(14)17/h2,4,6-8,11,17H,3,5,10H2,1H3,(H,25,29)(H,28,30)/t17-/m1/s1. The van der Waals surface area contributed by atoms with Gasteiger partial charge < -0.3 is 10.6 Å². The molecule has 0 bridgehead atoms. The fourth-order valence-electron chi connectivity index (χ4n) is 3.48. The van der Waals surface area contributed by atoms with Gasteiger partial charge in [-0.25, -0.2) is 14.4 Å². The molecule has 7 nitrogen and oxygen atoms in total. The van der Waals surface area contributed by atoms with Crippen molar-refractivity contribution in [3.8, 4) is 6.07 Å². The molecule has 31 heavy (non-hydrogen) atoms. The third kappa shape index (κ3) is 4.44. The Kier molecular flexibility index (Phi) is 5.73. The molecule has 1 atom stereocenters. The average molecular weight is 435 g/mol. The second-order valence-corrected chi connectivity index (χ2v) is 8.32. The fraction of sp³-hybridized carbons (Fsp3) is 0.227. The van der Waals surface area contributed by atoms with Crippen molar-refractivity contribution in [2.45, 2.75) is 32.4 Å². The zero-order chi connectivity index (χ0) is 22.0. The zero-order valence-corrected chi connectivity index (χ0v) is 17.4. The van der Waals surface area contributed by atoms with Crippen LogP contribution in [0.1, 0.15) is 59.9 Å². The first-order valence-electron chi connectivity index (χ1n) is 9.63. The van der Waals surface area contributed by atoms with Crippen LogP contribution in [-0.2, 0) is 13.0 Å². The molecule has 0 unspecified atom stereocenters. The summed E-state index contributed by atoms with van der Waals surface area (Å²) in [6.07, 6.45) is 2.73. The maximum absolute atomic E-state index is 13.4. The Morgan fingerprint density at radius 2 is 2.00 bits per heavy atom. The van der Waals surface area contributed by atoms with E-state index >= 15 is 0 Å². The van der Waals surface area contributed by atoms with Crippen LogP contribution in [0.4, 0.5) is 4.39 Å². The third-order valence-corrected chi connectivity index (χ3v) is 6.28. The molecule has 1 aromatic carbocycles. The molecule has 2 aromatic heterocycles. The van der Waals surface area contributed by atoms with Crippen LogP contribution >= 0.6 is 11.3 Å². The van der Waals surface area contributed by atoms with E-state index in [1.165, 1.54) is 29.8 Å². The van der Waals surface area contributed by atoms with Gasteiger partial charge in [-0.1, -0.05) is 12.1 Å². The van der Waals surface area contributed by atoms with Crippen LogP contribution in [0, 0.1) is 24.1 Å². The Morgan fingerprint density at radius 3 is 2.74 bits per heavy atom. The van der Waals surface area contributed by atoms with Crippen LogP contribution in [-0.4, -0.2) is 21.8 Å². The Balaban J connectivity index is 1.41. The molecule has 2 N–H and O–H groups in total. The molecule has 3 aromatic rings. The summed E-state index contributed by atoms with van der Waals surface area (Å²) in [5.41, 5.74) is 2.49. The number of carbonyl (C=O) groups is 2. The minimum atomic E-state index is -0.460. The van der Waals surface area contributed by atoms with Crippen molar-refractivity contribution in [1.29, 1.82) is 5.26 Å². The highest BCUT2D eigenvalue weighted by molar-refractivity contribution is 7.12. The van der Waals surface area contributed by atoms with Crippen LogP contribution in [0.25, 0.3) is 0 Å². The van der Waals surface area contributed by atoms with Gasteiger partial charge in [0.15, 0.2) is 0 Å². The maximum atomic E-state index is 13.4. The summed E-state index contributed by atoms with van der Waals surface area (Å²) in [4.78, 5) is 34.7. The molecule has 4 rings (SSSR count).